The van der Waals surface area contributed by atoms with Crippen molar-refractivity contribution in [3.05, 3.63) is 0 Å². The van der Waals surface area contributed by atoms with Gasteiger partial charge in [0.15, 0.2) is 0 Å². The van der Waals surface area contributed by atoms with Crippen molar-refractivity contribution in [2.75, 3.05) is 0 Å². The van der Waals surface area contributed by atoms with Crippen molar-refractivity contribution >= 4 is 37.2 Å². The summed E-state index contributed by atoms with van der Waals surface area (Å²) in [5, 5.41) is 0. The molecule has 0 amide bonds. The molecule has 0 heterocycles. The van der Waals surface area contributed by atoms with Crippen LogP contribution in [0.25, 0.3) is 0 Å². The van der Waals surface area contributed by atoms with Crippen LogP contribution in [0.5, 0.6) is 0 Å². The van der Waals surface area contributed by atoms with Gasteiger partial charge in [0.25, 0.3) is 0 Å². The summed E-state index contributed by atoms with van der Waals surface area (Å²) in [4.78, 5) is 0. The van der Waals surface area contributed by atoms with Crippen molar-refractivity contribution in [2.24, 2.45) is 0 Å². The van der Waals surface area contributed by atoms with E-state index in [1.807, 2.05) is 0 Å². The molecule has 0 aliphatic carbocycles. The van der Waals surface area contributed by atoms with Gasteiger partial charge in [-0.2, -0.15) is 0 Å². The first-order valence-corrected chi connectivity index (χ1v) is 12.8. The Morgan fingerprint density at radius 1 is 1.50 bits per heavy atom. The molecule has 0 bridgehead atoms. The molecular formula is CH13NSi4. The molecule has 6 heavy (non-hydrogen) atoms. The summed E-state index contributed by atoms with van der Waals surface area (Å²) in [7, 11) is 3.59. The van der Waals surface area contributed by atoms with Gasteiger partial charge >= 0.3 is 0 Å². The number of nitrogens with one attached hydrogen (secondary N) is 1. The number of hydrogen-bond donors (Lipinski definition) is 1. The molecule has 1 N–H and O–H groups in total. The first-order valence-electron chi connectivity index (χ1n) is 2.25. The summed E-state index contributed by atoms with van der Waals surface area (Å²) in [6, 6.07) is 0. The first kappa shape index (κ1) is 6.83. The minimum absolute atomic E-state index is 0.542. The Kier molecular flexibility index (Phi) is 2.52. The maximum atomic E-state index is 3.51. The van der Waals surface area contributed by atoms with Crippen LogP contribution in [0.15, 0.2) is 0 Å². The highest BCUT2D eigenvalue weighted by atomic mass is 29.6. The molecule has 0 spiro atoms. The molecular weight excluding hydrogens is 138 g/mol. The topological polar surface area (TPSA) is 12.0 Å². The van der Waals surface area contributed by atoms with Gasteiger partial charge in [0.2, 0.25) is 0 Å². The molecule has 0 fully saturated rings. The lowest BCUT2D eigenvalue weighted by Gasteiger charge is -2.12. The molecule has 0 aromatic heterocycles. The summed E-state index contributed by atoms with van der Waals surface area (Å²) >= 11 is 0. The summed E-state index contributed by atoms with van der Waals surface area (Å²) in [6.45, 7) is 2.43. The summed E-state index contributed by atoms with van der Waals surface area (Å²) < 4.78 is 3.51. The van der Waals surface area contributed by atoms with Crippen LogP contribution in [0.1, 0.15) is 0 Å². The molecule has 0 rings (SSSR count). The number of hydrogen-bond acceptors (Lipinski definition) is 1. The lowest BCUT2D eigenvalue weighted by molar-refractivity contribution is 1.58. The maximum Gasteiger partial charge on any atom is 0.0740 e. The zero-order valence-electron chi connectivity index (χ0n) is 5.00. The molecule has 0 aliphatic heterocycles. The highest BCUT2D eigenvalue weighted by molar-refractivity contribution is 7.40. The van der Waals surface area contributed by atoms with Gasteiger partial charge in [-0.15, -0.1) is 0 Å². The second-order valence-corrected chi connectivity index (χ2v) is 30.0. The minimum Gasteiger partial charge on any atom is -0.372 e. The van der Waals surface area contributed by atoms with E-state index in [1.165, 1.54) is 29.9 Å². The van der Waals surface area contributed by atoms with Crippen molar-refractivity contribution in [2.45, 2.75) is 6.55 Å². The quantitative estimate of drug-likeness (QED) is 0.379. The van der Waals surface area contributed by atoms with Crippen molar-refractivity contribution in [3.8, 4) is 0 Å². The van der Waals surface area contributed by atoms with Gasteiger partial charge in [-0.1, -0.05) is 6.55 Å². The van der Waals surface area contributed by atoms with Crippen molar-refractivity contribution in [1.82, 2.24) is 4.65 Å². The lowest BCUT2D eigenvalue weighted by Crippen LogP contribution is -2.48. The zero-order chi connectivity index (χ0) is 5.21. The van der Waals surface area contributed by atoms with E-state index >= 15 is 0 Å². The van der Waals surface area contributed by atoms with Crippen LogP contribution < -0.4 is 4.65 Å². The highest BCUT2D eigenvalue weighted by Gasteiger charge is 2.05. The third kappa shape index (κ3) is 4.83. The van der Waals surface area contributed by atoms with Gasteiger partial charge in [-0.3, -0.25) is 0 Å². The summed E-state index contributed by atoms with van der Waals surface area (Å²) in [6.07, 6.45) is 0. The number of rotatable bonds is 1. The predicted octanol–water partition coefficient (Wildman–Crippen LogP) is -3.84. The third-order valence-corrected chi connectivity index (χ3v) is 15.8. The normalized spacial score (nSPS) is 21.5. The Hall–Kier alpha value is 0.828. The second kappa shape index (κ2) is 2.22. The van der Waals surface area contributed by atoms with Crippen LogP contribution in [0.3, 0.4) is 0 Å². The van der Waals surface area contributed by atoms with Gasteiger partial charge in [0.05, 0.1) is 17.7 Å². The van der Waals surface area contributed by atoms with Gasteiger partial charge in [-0.05, 0) is 0 Å². The fourth-order valence-corrected chi connectivity index (χ4v) is 0. The van der Waals surface area contributed by atoms with Crippen LogP contribution in [0.4, 0.5) is 0 Å². The van der Waals surface area contributed by atoms with Crippen molar-refractivity contribution in [1.29, 1.82) is 0 Å². The summed E-state index contributed by atoms with van der Waals surface area (Å²) in [5.74, 6) is 0. The molecule has 0 saturated carbocycles. The fourth-order valence-electron chi connectivity index (χ4n) is 0. The second-order valence-electron chi connectivity index (χ2n) is 2.50. The van der Waals surface area contributed by atoms with E-state index in [0.717, 1.165) is 0 Å². The van der Waals surface area contributed by atoms with Crippen LogP contribution in [0.2, 0.25) is 6.55 Å². The van der Waals surface area contributed by atoms with Crippen molar-refractivity contribution in [3.63, 3.8) is 0 Å². The average molecular weight is 151 g/mol. The smallest absolute Gasteiger partial charge is 0.0740 e. The molecule has 38 valence electrons. The monoisotopic (exact) mass is 151 g/mol. The van der Waals surface area contributed by atoms with Crippen LogP contribution in [0, 0.1) is 0 Å². The molecule has 0 saturated heterocycles. The van der Waals surface area contributed by atoms with E-state index in [2.05, 4.69) is 11.2 Å². The molecule has 0 radical (unpaired) electrons. The van der Waals surface area contributed by atoms with E-state index in [1.54, 1.807) is 0 Å². The molecule has 0 atom stereocenters. The van der Waals surface area contributed by atoms with Gasteiger partial charge in [0, 0.05) is 19.5 Å². The molecule has 0 unspecified atom stereocenters. The summed E-state index contributed by atoms with van der Waals surface area (Å²) in [5.41, 5.74) is 0. The van der Waals surface area contributed by atoms with Crippen LogP contribution in [-0.4, -0.2) is 37.2 Å². The Morgan fingerprint density at radius 3 is 1.67 bits per heavy atom. The Bertz CT molecular complexity index is 37.3. The minimum atomic E-state index is -0.542. The Balaban J connectivity index is 3.17. The molecule has 1 nitrogen and oxygen atoms in total. The van der Waals surface area contributed by atoms with E-state index in [4.69, 9.17) is 0 Å². The predicted molar refractivity (Wildman–Crippen MR) is 44.6 cm³/mol. The van der Waals surface area contributed by atoms with Gasteiger partial charge < -0.3 is 4.65 Å². The lowest BCUT2D eigenvalue weighted by atomic mass is 11.9. The van der Waals surface area contributed by atoms with Gasteiger partial charge in [0.1, 0.15) is 0 Å². The molecule has 0 aliphatic rings. The Labute approximate surface area is 48.9 Å². The van der Waals surface area contributed by atoms with Crippen LogP contribution >= 0.6 is 0 Å². The SMILES string of the molecule is C[Si]([SiH3])([SiH3])N[SiH3]. The maximum absolute atomic E-state index is 3.51. The van der Waals surface area contributed by atoms with E-state index in [-0.39, 0.29) is 0 Å². The van der Waals surface area contributed by atoms with E-state index in [0.29, 0.717) is 0 Å². The Morgan fingerprint density at radius 2 is 1.67 bits per heavy atom. The van der Waals surface area contributed by atoms with E-state index in [9.17, 15) is 0 Å². The zero-order valence-corrected chi connectivity index (χ0v) is 12.0. The third-order valence-electron chi connectivity index (χ3n) is 0.750. The largest absolute Gasteiger partial charge is 0.372 e. The molecule has 5 heteroatoms. The van der Waals surface area contributed by atoms with E-state index < -0.39 is 7.27 Å². The van der Waals surface area contributed by atoms with Crippen molar-refractivity contribution < 1.29 is 0 Å². The average Bonchev–Trinajstić information content (AvgIpc) is 1.35. The fraction of sp³-hybridized carbons (Fsp3) is 1.00. The standard InChI is InChI=1S/CH13NSi4/c1-6(4,5)2-3/h2H,1,3-5H3. The molecule has 0 aromatic carbocycles. The first-order chi connectivity index (χ1) is 2.56. The van der Waals surface area contributed by atoms with Crippen LogP contribution in [-0.2, 0) is 0 Å². The van der Waals surface area contributed by atoms with Gasteiger partial charge in [-0.25, -0.2) is 0 Å². The molecule has 0 aromatic rings. The highest BCUT2D eigenvalue weighted by Crippen LogP contribution is 1.73.